The van der Waals surface area contributed by atoms with E-state index in [2.05, 4.69) is 0 Å². The smallest absolute Gasteiger partial charge is 0.256 e. The first-order valence-corrected chi connectivity index (χ1v) is 7.33. The maximum absolute atomic E-state index is 12.2. The first-order valence-electron chi connectivity index (χ1n) is 5.41. The topological polar surface area (TPSA) is 80.5 Å². The zero-order valence-corrected chi connectivity index (χ0v) is 11.3. The number of hydrogen-bond acceptors (Lipinski definition) is 3. The molecular weight excluding hydrogens is 276 g/mol. The molecular formula is C11H13ClN2O3S. The van der Waals surface area contributed by atoms with Crippen molar-refractivity contribution in [3.63, 3.8) is 0 Å². The van der Waals surface area contributed by atoms with Crippen LogP contribution in [0.15, 0.2) is 23.1 Å². The molecule has 2 N–H and O–H groups in total. The van der Waals surface area contributed by atoms with Crippen LogP contribution in [-0.4, -0.2) is 32.3 Å². The second-order valence-corrected chi connectivity index (χ2v) is 6.24. The van der Waals surface area contributed by atoms with Gasteiger partial charge in [0.2, 0.25) is 10.0 Å². The van der Waals surface area contributed by atoms with Crippen molar-refractivity contribution >= 4 is 27.5 Å². The highest BCUT2D eigenvalue weighted by atomic mass is 35.5. The van der Waals surface area contributed by atoms with E-state index in [0.717, 1.165) is 12.8 Å². The highest BCUT2D eigenvalue weighted by molar-refractivity contribution is 7.89. The molecule has 18 heavy (non-hydrogen) atoms. The quantitative estimate of drug-likeness (QED) is 0.908. The fourth-order valence-corrected chi connectivity index (χ4v) is 2.81. The molecule has 1 aliphatic carbocycles. The first kappa shape index (κ1) is 13.3. The number of benzene rings is 1. The third kappa shape index (κ3) is 2.50. The van der Waals surface area contributed by atoms with Crippen LogP contribution in [0, 0.1) is 0 Å². The predicted octanol–water partition coefficient (Wildman–Crippen LogP) is 1.22. The molecule has 1 aliphatic rings. The Morgan fingerprint density at radius 3 is 2.56 bits per heavy atom. The maximum Gasteiger partial charge on any atom is 0.256 e. The van der Waals surface area contributed by atoms with Crippen molar-refractivity contribution in [2.24, 2.45) is 5.14 Å². The summed E-state index contributed by atoms with van der Waals surface area (Å²) < 4.78 is 22.9. The molecule has 0 radical (unpaired) electrons. The van der Waals surface area contributed by atoms with E-state index in [1.54, 1.807) is 7.05 Å². The Kier molecular flexibility index (Phi) is 3.35. The molecule has 1 fully saturated rings. The molecule has 0 unspecified atom stereocenters. The Hall–Kier alpha value is -1.11. The van der Waals surface area contributed by atoms with Crippen molar-refractivity contribution in [1.29, 1.82) is 0 Å². The zero-order chi connectivity index (χ0) is 13.5. The van der Waals surface area contributed by atoms with E-state index < -0.39 is 15.9 Å². The lowest BCUT2D eigenvalue weighted by Gasteiger charge is -2.18. The van der Waals surface area contributed by atoms with Crippen molar-refractivity contribution in [3.8, 4) is 0 Å². The van der Waals surface area contributed by atoms with E-state index in [9.17, 15) is 13.2 Å². The minimum Gasteiger partial charge on any atom is -0.339 e. The molecule has 1 amide bonds. The highest BCUT2D eigenvalue weighted by Crippen LogP contribution is 2.30. The summed E-state index contributed by atoms with van der Waals surface area (Å²) in [6, 6.07) is 4.39. The van der Waals surface area contributed by atoms with Gasteiger partial charge in [-0.1, -0.05) is 17.7 Å². The SMILES string of the molecule is CN(C(=O)c1c(Cl)cccc1S(N)(=O)=O)C1CC1. The number of hydrogen-bond donors (Lipinski definition) is 1. The molecule has 0 atom stereocenters. The first-order chi connectivity index (χ1) is 8.32. The van der Waals surface area contributed by atoms with Gasteiger partial charge in [-0.2, -0.15) is 0 Å². The van der Waals surface area contributed by atoms with Gasteiger partial charge in [0.1, 0.15) is 0 Å². The molecule has 1 saturated carbocycles. The van der Waals surface area contributed by atoms with E-state index in [0.29, 0.717) is 0 Å². The molecule has 0 saturated heterocycles. The largest absolute Gasteiger partial charge is 0.339 e. The maximum atomic E-state index is 12.2. The Labute approximate surface area is 111 Å². The number of rotatable bonds is 3. The van der Waals surface area contributed by atoms with Crippen molar-refractivity contribution in [2.75, 3.05) is 7.05 Å². The van der Waals surface area contributed by atoms with Crippen molar-refractivity contribution < 1.29 is 13.2 Å². The van der Waals surface area contributed by atoms with Crippen molar-refractivity contribution in [1.82, 2.24) is 4.90 Å². The minimum absolute atomic E-state index is 0.0453. The number of sulfonamides is 1. The number of halogens is 1. The number of nitrogens with zero attached hydrogens (tertiary/aromatic N) is 1. The Balaban J connectivity index is 2.52. The number of carbonyl (C=O) groups excluding carboxylic acids is 1. The molecule has 0 heterocycles. The van der Waals surface area contributed by atoms with Gasteiger partial charge in [-0.3, -0.25) is 4.79 Å². The number of primary sulfonamides is 1. The zero-order valence-electron chi connectivity index (χ0n) is 9.76. The lowest BCUT2D eigenvalue weighted by molar-refractivity contribution is 0.0781. The summed E-state index contributed by atoms with van der Waals surface area (Å²) in [4.78, 5) is 13.5. The summed E-state index contributed by atoms with van der Waals surface area (Å²) in [5.74, 6) is -0.410. The molecule has 1 aromatic rings. The highest BCUT2D eigenvalue weighted by Gasteiger charge is 2.33. The Bertz CT molecular complexity index is 596. The van der Waals surface area contributed by atoms with E-state index in [1.165, 1.54) is 23.1 Å². The normalized spacial score (nSPS) is 15.5. The third-order valence-corrected chi connectivity index (χ3v) is 4.18. The molecule has 2 rings (SSSR count). The van der Waals surface area contributed by atoms with Gasteiger partial charge in [0.25, 0.3) is 5.91 Å². The van der Waals surface area contributed by atoms with Crippen molar-refractivity contribution in [3.05, 3.63) is 28.8 Å². The van der Waals surface area contributed by atoms with Gasteiger partial charge in [0.15, 0.2) is 0 Å². The molecule has 98 valence electrons. The van der Waals surface area contributed by atoms with Crippen molar-refractivity contribution in [2.45, 2.75) is 23.8 Å². The summed E-state index contributed by atoms with van der Waals surface area (Å²) in [5, 5.41) is 5.20. The van der Waals surface area contributed by atoms with Gasteiger partial charge >= 0.3 is 0 Å². The van der Waals surface area contributed by atoms with Crippen LogP contribution < -0.4 is 5.14 Å². The lowest BCUT2D eigenvalue weighted by Crippen LogP contribution is -2.31. The van der Waals surface area contributed by atoms with Gasteiger partial charge in [-0.05, 0) is 25.0 Å². The van der Waals surface area contributed by atoms with Gasteiger partial charge in [-0.25, -0.2) is 13.6 Å². The monoisotopic (exact) mass is 288 g/mol. The summed E-state index contributed by atoms with van der Waals surface area (Å²) in [7, 11) is -2.34. The summed E-state index contributed by atoms with van der Waals surface area (Å²) in [6.45, 7) is 0. The van der Waals surface area contributed by atoms with Crippen LogP contribution >= 0.6 is 11.6 Å². The second kappa shape index (κ2) is 4.53. The molecule has 0 aromatic heterocycles. The average Bonchev–Trinajstić information content (AvgIpc) is 3.09. The van der Waals surface area contributed by atoms with E-state index >= 15 is 0 Å². The average molecular weight is 289 g/mol. The van der Waals surface area contributed by atoms with Crippen LogP contribution in [0.2, 0.25) is 5.02 Å². The van der Waals surface area contributed by atoms with Crippen LogP contribution in [0.5, 0.6) is 0 Å². The molecule has 0 spiro atoms. The number of amides is 1. The molecule has 1 aromatic carbocycles. The summed E-state index contributed by atoms with van der Waals surface area (Å²) in [6.07, 6.45) is 1.86. The van der Waals surface area contributed by atoms with Crippen LogP contribution in [-0.2, 0) is 10.0 Å². The van der Waals surface area contributed by atoms with E-state index in [4.69, 9.17) is 16.7 Å². The second-order valence-electron chi connectivity index (χ2n) is 4.31. The van der Waals surface area contributed by atoms with Crippen LogP contribution in [0.4, 0.5) is 0 Å². The molecule has 5 nitrogen and oxygen atoms in total. The fourth-order valence-electron chi connectivity index (χ4n) is 1.75. The van der Waals surface area contributed by atoms with Gasteiger partial charge in [0.05, 0.1) is 15.5 Å². The van der Waals surface area contributed by atoms with Crippen LogP contribution in [0.1, 0.15) is 23.2 Å². The van der Waals surface area contributed by atoms with Crippen LogP contribution in [0.25, 0.3) is 0 Å². The predicted molar refractivity (Wildman–Crippen MR) is 67.9 cm³/mol. The fraction of sp³-hybridized carbons (Fsp3) is 0.364. The standard InChI is InChI=1S/C11H13ClN2O3S/c1-14(7-5-6-7)11(15)10-8(12)3-2-4-9(10)18(13,16)17/h2-4,7H,5-6H2,1H3,(H2,13,16,17). The minimum atomic E-state index is -3.97. The third-order valence-electron chi connectivity index (χ3n) is 2.91. The Morgan fingerprint density at radius 2 is 2.06 bits per heavy atom. The van der Waals surface area contributed by atoms with Gasteiger partial charge in [0, 0.05) is 13.1 Å². The molecule has 7 heteroatoms. The Morgan fingerprint density at radius 1 is 1.44 bits per heavy atom. The summed E-state index contributed by atoms with van der Waals surface area (Å²) >= 11 is 5.93. The van der Waals surface area contributed by atoms with Gasteiger partial charge in [-0.15, -0.1) is 0 Å². The van der Waals surface area contributed by atoms with E-state index in [1.807, 2.05) is 0 Å². The molecule has 0 bridgehead atoms. The molecule has 0 aliphatic heterocycles. The van der Waals surface area contributed by atoms with Gasteiger partial charge < -0.3 is 4.90 Å². The van der Waals surface area contributed by atoms with E-state index in [-0.39, 0.29) is 21.5 Å². The van der Waals surface area contributed by atoms with Crippen LogP contribution in [0.3, 0.4) is 0 Å². The lowest BCUT2D eigenvalue weighted by atomic mass is 10.2. The summed E-state index contributed by atoms with van der Waals surface area (Å²) in [5.41, 5.74) is -0.0453. The number of nitrogens with two attached hydrogens (primary N) is 1. The number of carbonyl (C=O) groups is 1.